The third-order valence-corrected chi connectivity index (χ3v) is 7.25. The standard InChI is InChI=1S/C22H24F2N2O6S/c1-14-13-25(33(30,31)17-7-4-15(5-8-17)20(27)28)10-11-26(14)21(29)22(2,3)32-16-6-9-18(23)19(24)12-16/h4-9,12,14H,10-11,13H2,1-3H3,(H,27,28). The number of piperazine rings is 1. The number of nitrogens with zero attached hydrogens (tertiary/aromatic N) is 2. The molecule has 0 bridgehead atoms. The van der Waals surface area contributed by atoms with E-state index in [1.165, 1.54) is 53.4 Å². The molecule has 1 saturated heterocycles. The molecule has 2 aromatic carbocycles. The number of hydrogen-bond acceptors (Lipinski definition) is 5. The number of carboxylic acid groups (broad SMARTS) is 1. The smallest absolute Gasteiger partial charge is 0.335 e. The summed E-state index contributed by atoms with van der Waals surface area (Å²) in [5.74, 6) is -3.73. The molecular formula is C22H24F2N2O6S. The van der Waals surface area contributed by atoms with Gasteiger partial charge in [-0.15, -0.1) is 0 Å². The van der Waals surface area contributed by atoms with Crippen molar-refractivity contribution in [3.63, 3.8) is 0 Å². The lowest BCUT2D eigenvalue weighted by Crippen LogP contribution is -2.60. The van der Waals surface area contributed by atoms with Gasteiger partial charge in [0.25, 0.3) is 5.91 Å². The summed E-state index contributed by atoms with van der Waals surface area (Å²) in [6, 6.07) is 7.39. The maximum atomic E-state index is 13.5. The Morgan fingerprint density at radius 3 is 2.24 bits per heavy atom. The van der Waals surface area contributed by atoms with E-state index < -0.39 is 45.2 Å². The van der Waals surface area contributed by atoms with Crippen LogP contribution in [0.2, 0.25) is 0 Å². The van der Waals surface area contributed by atoms with Crippen molar-refractivity contribution in [3.05, 3.63) is 59.7 Å². The van der Waals surface area contributed by atoms with Gasteiger partial charge in [0.2, 0.25) is 10.0 Å². The van der Waals surface area contributed by atoms with Crippen molar-refractivity contribution in [2.75, 3.05) is 19.6 Å². The zero-order valence-corrected chi connectivity index (χ0v) is 19.1. The first-order valence-corrected chi connectivity index (χ1v) is 11.6. The van der Waals surface area contributed by atoms with Gasteiger partial charge in [0.05, 0.1) is 10.5 Å². The first kappa shape index (κ1) is 24.6. The first-order valence-electron chi connectivity index (χ1n) is 10.1. The molecule has 1 atom stereocenters. The summed E-state index contributed by atoms with van der Waals surface area (Å²) in [6.07, 6.45) is 0. The molecule has 0 radical (unpaired) electrons. The van der Waals surface area contributed by atoms with E-state index in [-0.39, 0.29) is 35.8 Å². The molecule has 178 valence electrons. The molecule has 2 aromatic rings. The molecule has 0 aromatic heterocycles. The van der Waals surface area contributed by atoms with Gasteiger partial charge in [-0.25, -0.2) is 22.0 Å². The summed E-state index contributed by atoms with van der Waals surface area (Å²) in [6.45, 7) is 4.83. The Morgan fingerprint density at radius 2 is 1.70 bits per heavy atom. The Labute approximate surface area is 190 Å². The molecule has 0 saturated carbocycles. The van der Waals surface area contributed by atoms with E-state index in [0.29, 0.717) is 0 Å². The highest BCUT2D eigenvalue weighted by Gasteiger charge is 2.40. The van der Waals surface area contributed by atoms with Crippen LogP contribution in [0.15, 0.2) is 47.4 Å². The minimum absolute atomic E-state index is 0.00840. The van der Waals surface area contributed by atoms with E-state index in [9.17, 15) is 26.8 Å². The number of sulfonamides is 1. The molecule has 1 aliphatic heterocycles. The number of ether oxygens (including phenoxy) is 1. The maximum Gasteiger partial charge on any atom is 0.335 e. The van der Waals surface area contributed by atoms with E-state index >= 15 is 0 Å². The number of carbonyl (C=O) groups is 2. The number of hydrogen-bond donors (Lipinski definition) is 1. The summed E-state index contributed by atoms with van der Waals surface area (Å²) >= 11 is 0. The zero-order chi connectivity index (χ0) is 24.6. The van der Waals surface area contributed by atoms with Crippen molar-refractivity contribution in [1.82, 2.24) is 9.21 Å². The number of benzene rings is 2. The minimum Gasteiger partial charge on any atom is -0.478 e. The van der Waals surface area contributed by atoms with E-state index in [1.54, 1.807) is 6.92 Å². The summed E-state index contributed by atoms with van der Waals surface area (Å²) in [5, 5.41) is 8.98. The van der Waals surface area contributed by atoms with Crippen molar-refractivity contribution >= 4 is 21.9 Å². The number of rotatable bonds is 6. The van der Waals surface area contributed by atoms with Crippen LogP contribution in [0.4, 0.5) is 8.78 Å². The summed E-state index contributed by atoms with van der Waals surface area (Å²) < 4.78 is 59.4. The number of carboxylic acids is 1. The molecule has 1 aliphatic rings. The van der Waals surface area contributed by atoms with Crippen molar-refractivity contribution < 1.29 is 36.6 Å². The highest BCUT2D eigenvalue weighted by Crippen LogP contribution is 2.26. The van der Waals surface area contributed by atoms with Gasteiger partial charge in [-0.05, 0) is 57.2 Å². The predicted molar refractivity (Wildman–Crippen MR) is 114 cm³/mol. The fraction of sp³-hybridized carbons (Fsp3) is 0.364. The molecule has 3 rings (SSSR count). The van der Waals surface area contributed by atoms with Gasteiger partial charge in [-0.3, -0.25) is 4.79 Å². The van der Waals surface area contributed by atoms with Gasteiger partial charge in [0.1, 0.15) is 5.75 Å². The first-order chi connectivity index (χ1) is 15.3. The van der Waals surface area contributed by atoms with Crippen LogP contribution in [0, 0.1) is 11.6 Å². The monoisotopic (exact) mass is 482 g/mol. The molecule has 11 heteroatoms. The van der Waals surface area contributed by atoms with Crippen LogP contribution in [-0.2, 0) is 14.8 Å². The molecule has 1 amide bonds. The number of amides is 1. The highest BCUT2D eigenvalue weighted by molar-refractivity contribution is 7.89. The third-order valence-electron chi connectivity index (χ3n) is 5.37. The van der Waals surface area contributed by atoms with Gasteiger partial charge < -0.3 is 14.7 Å². The lowest BCUT2D eigenvalue weighted by atomic mass is 10.0. The second-order valence-corrected chi connectivity index (χ2v) is 10.2. The van der Waals surface area contributed by atoms with Crippen molar-refractivity contribution in [3.8, 4) is 5.75 Å². The van der Waals surface area contributed by atoms with Crippen LogP contribution < -0.4 is 4.74 Å². The molecule has 0 aliphatic carbocycles. The second-order valence-electron chi connectivity index (χ2n) is 8.23. The SMILES string of the molecule is CC1CN(S(=O)(=O)c2ccc(C(=O)O)cc2)CCN1C(=O)C(C)(C)Oc1ccc(F)c(F)c1. The van der Waals surface area contributed by atoms with Crippen molar-refractivity contribution in [1.29, 1.82) is 0 Å². The fourth-order valence-corrected chi connectivity index (χ4v) is 5.10. The van der Waals surface area contributed by atoms with E-state index in [4.69, 9.17) is 9.84 Å². The van der Waals surface area contributed by atoms with Crippen LogP contribution in [0.25, 0.3) is 0 Å². The zero-order valence-electron chi connectivity index (χ0n) is 18.3. The largest absolute Gasteiger partial charge is 0.478 e. The average Bonchev–Trinajstić information content (AvgIpc) is 2.75. The van der Waals surface area contributed by atoms with Crippen molar-refractivity contribution in [2.45, 2.75) is 37.3 Å². The van der Waals surface area contributed by atoms with E-state index in [0.717, 1.165) is 12.1 Å². The molecule has 33 heavy (non-hydrogen) atoms. The Morgan fingerprint density at radius 1 is 1.06 bits per heavy atom. The quantitative estimate of drug-likeness (QED) is 0.679. The molecule has 0 spiro atoms. The Hall–Kier alpha value is -3.05. The lowest BCUT2D eigenvalue weighted by molar-refractivity contribution is -0.149. The number of carbonyl (C=O) groups excluding carboxylic acids is 1. The number of aromatic carboxylic acids is 1. The average molecular weight is 483 g/mol. The van der Waals surface area contributed by atoms with Crippen LogP contribution in [0.3, 0.4) is 0 Å². The normalized spacial score (nSPS) is 17.6. The van der Waals surface area contributed by atoms with E-state index in [1.807, 2.05) is 0 Å². The second kappa shape index (κ2) is 9.06. The van der Waals surface area contributed by atoms with Crippen molar-refractivity contribution in [2.24, 2.45) is 0 Å². The predicted octanol–water partition coefficient (Wildman–Crippen LogP) is 2.74. The van der Waals surface area contributed by atoms with Crippen LogP contribution in [-0.4, -0.2) is 65.9 Å². The fourth-order valence-electron chi connectivity index (χ4n) is 3.59. The van der Waals surface area contributed by atoms with E-state index in [2.05, 4.69) is 0 Å². The summed E-state index contributed by atoms with van der Waals surface area (Å²) in [4.78, 5) is 25.6. The van der Waals surface area contributed by atoms with Crippen LogP contribution >= 0.6 is 0 Å². The van der Waals surface area contributed by atoms with Gasteiger partial charge in [-0.1, -0.05) is 0 Å². The lowest BCUT2D eigenvalue weighted by Gasteiger charge is -2.42. The minimum atomic E-state index is -3.89. The maximum absolute atomic E-state index is 13.5. The Bertz CT molecular complexity index is 1170. The molecule has 8 nitrogen and oxygen atoms in total. The highest BCUT2D eigenvalue weighted by atomic mass is 32.2. The van der Waals surface area contributed by atoms with Crippen LogP contribution in [0.5, 0.6) is 5.75 Å². The number of halogens is 2. The van der Waals surface area contributed by atoms with Crippen LogP contribution in [0.1, 0.15) is 31.1 Å². The third kappa shape index (κ3) is 5.14. The summed E-state index contributed by atoms with van der Waals surface area (Å²) in [5.41, 5.74) is -1.44. The topological polar surface area (TPSA) is 104 Å². The van der Waals surface area contributed by atoms with Gasteiger partial charge in [0.15, 0.2) is 17.2 Å². The Balaban J connectivity index is 1.71. The molecular weight excluding hydrogens is 458 g/mol. The van der Waals surface area contributed by atoms with Gasteiger partial charge in [0, 0.05) is 31.7 Å². The molecule has 1 heterocycles. The molecule has 1 unspecified atom stereocenters. The molecule has 1 N–H and O–H groups in total. The van der Waals surface area contributed by atoms with Gasteiger partial charge in [-0.2, -0.15) is 4.31 Å². The Kier molecular flexibility index (Phi) is 6.75. The molecule has 1 fully saturated rings. The van der Waals surface area contributed by atoms with Gasteiger partial charge >= 0.3 is 5.97 Å². The summed E-state index contributed by atoms with van der Waals surface area (Å²) in [7, 11) is -3.89.